The highest BCUT2D eigenvalue weighted by molar-refractivity contribution is 5.87. The number of carbonyl (C=O) groups is 1. The Hall–Kier alpha value is -1.83. The normalized spacial score (nSPS) is 24.3. The van der Waals surface area contributed by atoms with Gasteiger partial charge in [-0.1, -0.05) is 51.1 Å². The molecule has 34 heavy (non-hydrogen) atoms. The molecule has 3 rings (SSSR count). The van der Waals surface area contributed by atoms with E-state index in [1.807, 2.05) is 18.2 Å². The highest BCUT2D eigenvalue weighted by Crippen LogP contribution is 2.48. The minimum Gasteiger partial charge on any atom is -0.478 e. The number of piperidine rings is 1. The van der Waals surface area contributed by atoms with Crippen molar-refractivity contribution in [1.82, 2.24) is 9.80 Å². The maximum Gasteiger partial charge on any atom is 0.335 e. The molecule has 8 heteroatoms. The van der Waals surface area contributed by atoms with Crippen molar-refractivity contribution < 1.29 is 15.0 Å². The second-order valence-corrected chi connectivity index (χ2v) is 9.14. The summed E-state index contributed by atoms with van der Waals surface area (Å²) in [6.45, 7) is 12.7. The molecule has 3 unspecified atom stereocenters. The summed E-state index contributed by atoms with van der Waals surface area (Å²) >= 11 is 0. The molecule has 4 N–H and O–H groups in total. The van der Waals surface area contributed by atoms with Crippen LogP contribution < -0.4 is 5.73 Å². The second kappa shape index (κ2) is 13.9. The summed E-state index contributed by atoms with van der Waals surface area (Å²) in [6, 6.07) is 16.7. The maximum atomic E-state index is 11.7. The summed E-state index contributed by atoms with van der Waals surface area (Å²) in [5.41, 5.74) is 6.27. The van der Waals surface area contributed by atoms with Crippen molar-refractivity contribution in [1.29, 1.82) is 0 Å². The number of halogens is 2. The number of nitrogens with zero attached hydrogens (tertiary/aromatic N) is 2. The minimum atomic E-state index is -0.931. The molecule has 0 saturated carbocycles. The number of hydrogen-bond donors (Lipinski definition) is 3. The molecule has 0 amide bonds. The van der Waals surface area contributed by atoms with Crippen LogP contribution in [0.2, 0.25) is 0 Å². The van der Waals surface area contributed by atoms with Gasteiger partial charge in [0.1, 0.15) is 0 Å². The summed E-state index contributed by atoms with van der Waals surface area (Å²) in [4.78, 5) is 15.1. The van der Waals surface area contributed by atoms with E-state index < -0.39 is 11.6 Å². The van der Waals surface area contributed by atoms with E-state index in [9.17, 15) is 9.90 Å². The average molecular weight is 515 g/mol. The Balaban J connectivity index is 0.000000770. The Morgan fingerprint density at radius 2 is 1.62 bits per heavy atom. The molecule has 0 bridgehead atoms. The van der Waals surface area contributed by atoms with E-state index in [4.69, 9.17) is 10.8 Å². The summed E-state index contributed by atoms with van der Waals surface area (Å²) in [5, 5.41) is 20.2. The summed E-state index contributed by atoms with van der Waals surface area (Å²) in [7, 11) is 2.18. The first-order chi connectivity index (χ1) is 15.1. The average Bonchev–Trinajstić information content (AvgIpc) is 2.77. The van der Waals surface area contributed by atoms with Crippen LogP contribution in [0.15, 0.2) is 54.6 Å². The van der Waals surface area contributed by atoms with Crippen molar-refractivity contribution in [3.63, 3.8) is 0 Å². The molecule has 1 heterocycles. The fourth-order valence-electron chi connectivity index (χ4n) is 4.59. The highest BCUT2D eigenvalue weighted by atomic mass is 35.5. The zero-order chi connectivity index (χ0) is 23.9. The van der Waals surface area contributed by atoms with E-state index in [-0.39, 0.29) is 35.8 Å². The largest absolute Gasteiger partial charge is 0.478 e. The molecule has 0 spiro atoms. The Morgan fingerprint density at radius 3 is 2.09 bits per heavy atom. The van der Waals surface area contributed by atoms with Gasteiger partial charge in [0, 0.05) is 30.2 Å². The lowest BCUT2D eigenvalue weighted by Crippen LogP contribution is -2.62. The molecule has 3 atom stereocenters. The topological polar surface area (TPSA) is 90.0 Å². The van der Waals surface area contributed by atoms with Gasteiger partial charge in [0.25, 0.3) is 0 Å². The zero-order valence-corrected chi connectivity index (χ0v) is 22.5. The summed E-state index contributed by atoms with van der Waals surface area (Å²) in [6.07, 6.45) is 0.783. The van der Waals surface area contributed by atoms with Crippen LogP contribution in [0.1, 0.15) is 50.0 Å². The lowest BCUT2D eigenvalue weighted by molar-refractivity contribution is -0.154. The SMILES string of the molecule is CCN(CC)CC1(C)CN(C)C(C)CC1(O)c1ccccc1.Cl.Cl.Nc1ccc(C(=O)O)cc1. The van der Waals surface area contributed by atoms with Crippen molar-refractivity contribution in [3.05, 3.63) is 65.7 Å². The first-order valence-corrected chi connectivity index (χ1v) is 11.4. The summed E-state index contributed by atoms with van der Waals surface area (Å²) < 4.78 is 0. The molecule has 2 aromatic rings. The highest BCUT2D eigenvalue weighted by Gasteiger charge is 2.53. The van der Waals surface area contributed by atoms with E-state index in [1.54, 1.807) is 12.1 Å². The number of rotatable bonds is 6. The molecule has 1 aliphatic heterocycles. The van der Waals surface area contributed by atoms with Gasteiger partial charge in [0.05, 0.1) is 11.2 Å². The van der Waals surface area contributed by atoms with E-state index in [2.05, 4.69) is 56.7 Å². The van der Waals surface area contributed by atoms with Crippen molar-refractivity contribution in [3.8, 4) is 0 Å². The molecule has 1 saturated heterocycles. The lowest BCUT2D eigenvalue weighted by Gasteiger charge is -2.55. The van der Waals surface area contributed by atoms with E-state index in [0.717, 1.165) is 38.2 Å². The predicted molar refractivity (Wildman–Crippen MR) is 145 cm³/mol. The molecular formula is C26H41Cl2N3O3. The number of nitrogens with two attached hydrogens (primary N) is 1. The first-order valence-electron chi connectivity index (χ1n) is 11.4. The van der Waals surface area contributed by atoms with Gasteiger partial charge in [-0.3, -0.25) is 0 Å². The van der Waals surface area contributed by atoms with Crippen LogP contribution in [0.3, 0.4) is 0 Å². The van der Waals surface area contributed by atoms with Crippen LogP contribution in [0.4, 0.5) is 5.69 Å². The standard InChI is InChI=1S/C19H32N2O.C7H7NO2.2ClH/c1-6-21(7-2)15-18(4)14-20(5)16(3)13-19(18,22)17-11-9-8-10-12-17;8-6-3-1-5(2-4-6)7(9)10;;/h8-12,16,22H,6-7,13-15H2,1-5H3;1-4H,8H2,(H,9,10);2*1H. The van der Waals surface area contributed by atoms with Crippen LogP contribution in [0, 0.1) is 5.41 Å². The molecular weight excluding hydrogens is 473 g/mol. The fraction of sp³-hybridized carbons (Fsp3) is 0.500. The van der Waals surface area contributed by atoms with Gasteiger partial charge >= 0.3 is 5.97 Å². The van der Waals surface area contributed by atoms with Crippen LogP contribution in [-0.4, -0.2) is 65.3 Å². The monoisotopic (exact) mass is 513 g/mol. The third-order valence-corrected chi connectivity index (χ3v) is 6.82. The third kappa shape index (κ3) is 7.59. The van der Waals surface area contributed by atoms with E-state index in [1.165, 1.54) is 12.1 Å². The Morgan fingerprint density at radius 1 is 1.09 bits per heavy atom. The predicted octanol–water partition coefficient (Wildman–Crippen LogP) is 4.76. The first kappa shape index (κ1) is 32.2. The number of likely N-dealkylation sites (tertiary alicyclic amines) is 1. The molecule has 0 aliphatic carbocycles. The van der Waals surface area contributed by atoms with Gasteiger partial charge in [-0.25, -0.2) is 4.79 Å². The zero-order valence-electron chi connectivity index (χ0n) is 20.9. The minimum absolute atomic E-state index is 0. The van der Waals surface area contributed by atoms with Crippen molar-refractivity contribution in [2.45, 2.75) is 45.8 Å². The van der Waals surface area contributed by atoms with E-state index in [0.29, 0.717) is 11.7 Å². The molecule has 1 aliphatic rings. The smallest absolute Gasteiger partial charge is 0.335 e. The quantitative estimate of drug-likeness (QED) is 0.482. The van der Waals surface area contributed by atoms with Crippen LogP contribution in [-0.2, 0) is 5.60 Å². The van der Waals surface area contributed by atoms with Gasteiger partial charge in [-0.2, -0.15) is 0 Å². The van der Waals surface area contributed by atoms with Crippen molar-refractivity contribution in [2.75, 3.05) is 39.0 Å². The molecule has 2 aromatic carbocycles. The second-order valence-electron chi connectivity index (χ2n) is 9.14. The number of hydrogen-bond acceptors (Lipinski definition) is 5. The number of aromatic carboxylic acids is 1. The van der Waals surface area contributed by atoms with Crippen LogP contribution in [0.25, 0.3) is 0 Å². The van der Waals surface area contributed by atoms with Crippen LogP contribution >= 0.6 is 24.8 Å². The molecule has 6 nitrogen and oxygen atoms in total. The number of aliphatic hydroxyl groups is 1. The Labute approximate surface area is 217 Å². The molecule has 1 fully saturated rings. The van der Waals surface area contributed by atoms with Crippen molar-refractivity contribution >= 4 is 36.5 Å². The van der Waals surface area contributed by atoms with Gasteiger partial charge < -0.3 is 25.7 Å². The number of anilines is 1. The Bertz CT molecular complexity index is 865. The number of nitrogen functional groups attached to an aromatic ring is 1. The lowest BCUT2D eigenvalue weighted by atomic mass is 9.63. The fourth-order valence-corrected chi connectivity index (χ4v) is 4.59. The van der Waals surface area contributed by atoms with Crippen molar-refractivity contribution in [2.24, 2.45) is 5.41 Å². The molecule has 0 radical (unpaired) electrons. The number of carboxylic acids is 1. The summed E-state index contributed by atoms with van der Waals surface area (Å²) in [5.74, 6) is -0.931. The van der Waals surface area contributed by atoms with Crippen LogP contribution in [0.5, 0.6) is 0 Å². The molecule has 0 aromatic heterocycles. The number of carboxylic acid groups (broad SMARTS) is 1. The number of benzene rings is 2. The van der Waals surface area contributed by atoms with Gasteiger partial charge in [0.15, 0.2) is 0 Å². The maximum absolute atomic E-state index is 11.7. The van der Waals surface area contributed by atoms with Gasteiger partial charge in [0.2, 0.25) is 0 Å². The third-order valence-electron chi connectivity index (χ3n) is 6.82. The van der Waals surface area contributed by atoms with Gasteiger partial charge in [-0.05, 0) is 63.3 Å². The van der Waals surface area contributed by atoms with E-state index >= 15 is 0 Å². The molecule has 192 valence electrons. The Kier molecular flexibility index (Phi) is 13.2. The van der Waals surface area contributed by atoms with Gasteiger partial charge in [-0.15, -0.1) is 24.8 Å².